The highest BCUT2D eigenvalue weighted by atomic mass is 15.2. The van der Waals surface area contributed by atoms with Gasteiger partial charge in [0.15, 0.2) is 0 Å². The molecule has 0 aromatic heterocycles. The molecule has 0 unspecified atom stereocenters. The first-order chi connectivity index (χ1) is 35.1. The molecule has 0 N–H and O–H groups in total. The molecule has 1 aliphatic carbocycles. The molecule has 2 aliphatic heterocycles. The van der Waals surface area contributed by atoms with Crippen LogP contribution in [-0.4, -0.2) is 6.71 Å². The molecule has 0 saturated heterocycles. The van der Waals surface area contributed by atoms with E-state index in [9.17, 15) is 0 Å². The van der Waals surface area contributed by atoms with E-state index < -0.39 is 0 Å². The molecule has 3 aliphatic rings. The van der Waals surface area contributed by atoms with Gasteiger partial charge in [0.1, 0.15) is 0 Å². The van der Waals surface area contributed by atoms with Crippen LogP contribution in [0.3, 0.4) is 0 Å². The highest BCUT2D eigenvalue weighted by molar-refractivity contribution is 7.00. The average molecular weight is 984 g/mol. The van der Waals surface area contributed by atoms with Crippen LogP contribution in [0.4, 0.5) is 51.2 Å². The van der Waals surface area contributed by atoms with Crippen molar-refractivity contribution in [3.63, 3.8) is 0 Å². The zero-order chi connectivity index (χ0) is 53.5. The number of anilines is 9. The minimum atomic E-state index is -0.346. The Hall–Kier alpha value is -6.78. The summed E-state index contributed by atoms with van der Waals surface area (Å²) in [4.78, 5) is 7.74. The first kappa shape index (κ1) is 50.4. The number of nitrogens with zero attached hydrogens (tertiary/aromatic N) is 3. The number of fused-ring (bicyclic) bond motifs is 7. The fraction of sp³-hybridized carbons (Fsp3) is 0.324. The number of rotatable bonds is 5. The van der Waals surface area contributed by atoms with Gasteiger partial charge in [-0.25, -0.2) is 0 Å². The van der Waals surface area contributed by atoms with Crippen molar-refractivity contribution in [1.82, 2.24) is 0 Å². The topological polar surface area (TPSA) is 9.72 Å². The highest BCUT2D eigenvalue weighted by Gasteiger charge is 2.47. The third-order valence-electron chi connectivity index (χ3n) is 16.8. The third kappa shape index (κ3) is 8.34. The Labute approximate surface area is 450 Å². The molecule has 0 saturated carbocycles. The van der Waals surface area contributed by atoms with E-state index in [0.717, 1.165) is 11.4 Å². The van der Waals surface area contributed by atoms with Crippen LogP contribution in [0.25, 0.3) is 11.1 Å². The molecule has 11 rings (SSSR count). The van der Waals surface area contributed by atoms with E-state index >= 15 is 0 Å². The van der Waals surface area contributed by atoms with Crippen molar-refractivity contribution < 1.29 is 0 Å². The van der Waals surface area contributed by atoms with Crippen LogP contribution in [0.5, 0.6) is 0 Å². The summed E-state index contributed by atoms with van der Waals surface area (Å²) in [6.45, 7) is 39.7. The fourth-order valence-corrected chi connectivity index (χ4v) is 12.4. The Morgan fingerprint density at radius 2 is 0.800 bits per heavy atom. The van der Waals surface area contributed by atoms with Crippen LogP contribution >= 0.6 is 0 Å². The van der Waals surface area contributed by atoms with Crippen molar-refractivity contribution >= 4 is 74.3 Å². The molecule has 4 heteroatoms. The quantitative estimate of drug-likeness (QED) is 0.159. The Morgan fingerprint density at radius 1 is 0.387 bits per heavy atom. The summed E-state index contributed by atoms with van der Waals surface area (Å²) in [5.41, 5.74) is 26.4. The van der Waals surface area contributed by atoms with E-state index in [4.69, 9.17) is 0 Å². The Bertz CT molecular complexity index is 3470. The molecule has 0 bridgehead atoms. The summed E-state index contributed by atoms with van der Waals surface area (Å²) in [6, 6.07) is 63.9. The van der Waals surface area contributed by atoms with Gasteiger partial charge in [-0.2, -0.15) is 0 Å². The van der Waals surface area contributed by atoms with Gasteiger partial charge in [0.2, 0.25) is 0 Å². The third-order valence-corrected chi connectivity index (χ3v) is 16.8. The van der Waals surface area contributed by atoms with E-state index in [2.05, 4.69) is 296 Å². The predicted octanol–water partition coefficient (Wildman–Crippen LogP) is 18.0. The second kappa shape index (κ2) is 17.1. The summed E-state index contributed by atoms with van der Waals surface area (Å²) >= 11 is 0. The number of hydrogen-bond donors (Lipinski definition) is 0. The van der Waals surface area contributed by atoms with Crippen LogP contribution in [-0.2, 0) is 32.5 Å². The lowest BCUT2D eigenvalue weighted by molar-refractivity contribution is 0.590. The second-order valence-corrected chi connectivity index (χ2v) is 27.6. The van der Waals surface area contributed by atoms with Gasteiger partial charge in [0.25, 0.3) is 6.71 Å². The lowest BCUT2D eigenvalue weighted by atomic mass is 9.33. The van der Waals surface area contributed by atoms with E-state index in [1.54, 1.807) is 0 Å². The summed E-state index contributed by atoms with van der Waals surface area (Å²) in [5.74, 6) is 0. The molecule has 8 aromatic rings. The maximum Gasteiger partial charge on any atom is 0.252 e. The first-order valence-electron chi connectivity index (χ1n) is 27.6. The van der Waals surface area contributed by atoms with Crippen LogP contribution in [0.15, 0.2) is 164 Å². The second-order valence-electron chi connectivity index (χ2n) is 27.6. The normalized spacial score (nSPS) is 14.8. The van der Waals surface area contributed by atoms with Gasteiger partial charge in [-0.1, -0.05) is 209 Å². The molecule has 0 radical (unpaired) electrons. The van der Waals surface area contributed by atoms with Gasteiger partial charge < -0.3 is 14.7 Å². The van der Waals surface area contributed by atoms with E-state index in [1.807, 2.05) is 0 Å². The van der Waals surface area contributed by atoms with Gasteiger partial charge in [-0.15, -0.1) is 0 Å². The van der Waals surface area contributed by atoms with Crippen LogP contribution in [0.1, 0.15) is 157 Å². The lowest BCUT2D eigenvalue weighted by Gasteiger charge is -2.45. The summed E-state index contributed by atoms with van der Waals surface area (Å²) in [6.07, 6.45) is 0. The number of benzene rings is 8. The lowest BCUT2D eigenvalue weighted by Crippen LogP contribution is -2.61. The number of hydrogen-bond acceptors (Lipinski definition) is 3. The van der Waals surface area contributed by atoms with Gasteiger partial charge in [-0.3, -0.25) is 0 Å². The summed E-state index contributed by atoms with van der Waals surface area (Å²) in [5, 5.41) is 0. The summed E-state index contributed by atoms with van der Waals surface area (Å²) in [7, 11) is 0. The van der Waals surface area contributed by atoms with Crippen molar-refractivity contribution in [2.24, 2.45) is 0 Å². The Balaban J connectivity index is 1.21. The molecule has 380 valence electrons. The molecule has 0 fully saturated rings. The Kier molecular flexibility index (Phi) is 11.5. The van der Waals surface area contributed by atoms with E-state index in [1.165, 1.54) is 106 Å². The summed E-state index contributed by atoms with van der Waals surface area (Å²) < 4.78 is 0. The smallest absolute Gasteiger partial charge is 0.252 e. The predicted molar refractivity (Wildman–Crippen MR) is 326 cm³/mol. The monoisotopic (exact) mass is 984 g/mol. The van der Waals surface area contributed by atoms with Crippen LogP contribution in [0, 0.1) is 0 Å². The van der Waals surface area contributed by atoms with Crippen molar-refractivity contribution in [2.75, 3.05) is 14.7 Å². The van der Waals surface area contributed by atoms with Crippen molar-refractivity contribution in [3.05, 3.63) is 203 Å². The minimum absolute atomic E-state index is 0.00677. The molecule has 75 heavy (non-hydrogen) atoms. The average Bonchev–Trinajstić information content (AvgIpc) is 3.59. The van der Waals surface area contributed by atoms with Crippen molar-refractivity contribution in [1.29, 1.82) is 0 Å². The van der Waals surface area contributed by atoms with Crippen molar-refractivity contribution in [3.8, 4) is 11.1 Å². The highest BCUT2D eigenvalue weighted by Crippen LogP contribution is 2.59. The molecule has 3 nitrogen and oxygen atoms in total. The van der Waals surface area contributed by atoms with Crippen LogP contribution in [0.2, 0.25) is 0 Å². The minimum Gasteiger partial charge on any atom is -0.311 e. The van der Waals surface area contributed by atoms with Gasteiger partial charge in [0.05, 0.1) is 11.4 Å². The van der Waals surface area contributed by atoms with Gasteiger partial charge in [-0.05, 0) is 161 Å². The standard InChI is InChI=1S/C71H78BN3/c1-66(2,3)45-25-33-50(34-26-45)73(51-35-27-46(28-36-51)67(4,5)6)59-41-42-60(64-63(59)53-21-18-19-22-54(53)71(64,16)17)75-58-40-32-49(70(13,14)15)44-56(58)72-55-43-48(69(10,11)12)31-39-57(55)74(61-23-20-24-62(75)65(61)72)52-37-29-47(30-38-52)68(7,8)9/h18-44H,1-17H3. The SMILES string of the molecule is CC(C)(C)c1ccc(N(c2ccc(C(C)(C)C)cc2)c2ccc(N3c4ccc(C(C)(C)C)cc4B4c5cc(C(C)(C)C)ccc5N(c5ccc(C(C)(C)C)cc5)c5cccc3c54)c3c2-c2ccccc2C3(C)C)cc1. The van der Waals surface area contributed by atoms with Gasteiger partial charge >= 0.3 is 0 Å². The van der Waals surface area contributed by atoms with Gasteiger partial charge in [0, 0.05) is 50.8 Å². The molecule has 0 atom stereocenters. The molecule has 8 aromatic carbocycles. The zero-order valence-electron chi connectivity index (χ0n) is 48.0. The molecular weight excluding hydrogens is 906 g/mol. The fourth-order valence-electron chi connectivity index (χ4n) is 12.4. The van der Waals surface area contributed by atoms with E-state index in [-0.39, 0.29) is 39.2 Å². The Morgan fingerprint density at radius 3 is 1.28 bits per heavy atom. The first-order valence-corrected chi connectivity index (χ1v) is 27.6. The maximum atomic E-state index is 2.66. The van der Waals surface area contributed by atoms with Crippen molar-refractivity contribution in [2.45, 2.75) is 150 Å². The molecule has 2 heterocycles. The van der Waals surface area contributed by atoms with E-state index in [0.29, 0.717) is 0 Å². The largest absolute Gasteiger partial charge is 0.311 e. The molecular formula is C71H78BN3. The zero-order valence-corrected chi connectivity index (χ0v) is 48.0. The molecule has 0 amide bonds. The maximum absolute atomic E-state index is 2.66. The molecule has 0 spiro atoms. The van der Waals surface area contributed by atoms with Crippen LogP contribution < -0.4 is 31.1 Å².